The van der Waals surface area contributed by atoms with Crippen molar-refractivity contribution < 1.29 is 18.0 Å². The lowest BCUT2D eigenvalue weighted by atomic mass is 10.1. The van der Waals surface area contributed by atoms with E-state index in [9.17, 15) is 18.0 Å². The summed E-state index contributed by atoms with van der Waals surface area (Å²) in [5.41, 5.74) is 2.29. The summed E-state index contributed by atoms with van der Waals surface area (Å²) in [7, 11) is 0. The third kappa shape index (κ3) is 5.38. The molecule has 2 aromatic carbocycles. The fraction of sp³-hybridized carbons (Fsp3) is 0.227. The summed E-state index contributed by atoms with van der Waals surface area (Å²) in [5.74, 6) is -0.339. The van der Waals surface area contributed by atoms with Gasteiger partial charge in [0.25, 0.3) is 0 Å². The number of halogens is 3. The van der Waals surface area contributed by atoms with Crippen LogP contribution in [0.2, 0.25) is 0 Å². The quantitative estimate of drug-likeness (QED) is 0.404. The van der Waals surface area contributed by atoms with E-state index in [0.717, 1.165) is 29.0 Å². The maximum atomic E-state index is 13.3. The highest BCUT2D eigenvalue weighted by Crippen LogP contribution is 2.33. The lowest BCUT2D eigenvalue weighted by molar-refractivity contribution is -0.141. The summed E-state index contributed by atoms with van der Waals surface area (Å²) < 4.78 is 40.0. The Hall–Kier alpha value is -2.87. The van der Waals surface area contributed by atoms with Crippen LogP contribution in [-0.2, 0) is 11.0 Å². The molecule has 0 radical (unpaired) electrons. The van der Waals surface area contributed by atoms with Crippen molar-refractivity contribution >= 4 is 23.4 Å². The minimum absolute atomic E-state index is 0.105. The van der Waals surface area contributed by atoms with Crippen molar-refractivity contribution in [3.05, 3.63) is 71.4 Å². The molecular formula is C22H20F3N3OS. The van der Waals surface area contributed by atoms with Gasteiger partial charge in [-0.05, 0) is 38.5 Å². The number of rotatable bonds is 5. The maximum absolute atomic E-state index is 13.3. The van der Waals surface area contributed by atoms with Gasteiger partial charge in [-0.1, -0.05) is 59.8 Å². The number of carbonyl (C=O) groups excluding carboxylic acids is 1. The molecule has 0 saturated heterocycles. The number of hydrogen-bond acceptors (Lipinski definition) is 4. The minimum Gasteiger partial charge on any atom is -0.325 e. The van der Waals surface area contributed by atoms with Crippen LogP contribution in [0.1, 0.15) is 23.7 Å². The second kappa shape index (κ2) is 8.87. The average Bonchev–Trinajstić information content (AvgIpc) is 2.69. The molecule has 1 amide bonds. The molecule has 1 aromatic heterocycles. The van der Waals surface area contributed by atoms with E-state index in [1.165, 1.54) is 0 Å². The van der Waals surface area contributed by atoms with Gasteiger partial charge in [-0.15, -0.1) is 0 Å². The topological polar surface area (TPSA) is 54.9 Å². The number of nitrogens with one attached hydrogen (secondary N) is 1. The van der Waals surface area contributed by atoms with E-state index in [4.69, 9.17) is 0 Å². The number of aryl methyl sites for hydroxylation is 2. The first-order valence-electron chi connectivity index (χ1n) is 9.20. The second-order valence-electron chi connectivity index (χ2n) is 6.85. The van der Waals surface area contributed by atoms with E-state index in [2.05, 4.69) is 15.3 Å². The van der Waals surface area contributed by atoms with Crippen LogP contribution < -0.4 is 5.32 Å². The number of nitrogens with zero attached hydrogens (tertiary/aromatic N) is 2. The van der Waals surface area contributed by atoms with Crippen molar-refractivity contribution in [2.75, 3.05) is 5.32 Å². The van der Waals surface area contributed by atoms with Crippen LogP contribution in [0.3, 0.4) is 0 Å². The number of hydrogen-bond donors (Lipinski definition) is 1. The molecule has 0 aliphatic heterocycles. The summed E-state index contributed by atoms with van der Waals surface area (Å²) in [6, 6.07) is 15.1. The SMILES string of the molecule is Cc1ccc(NC(=O)[C@@H](C)Sc2nc(-c3ccccc3)cc(C(F)(F)F)n2)c(C)c1. The predicted octanol–water partition coefficient (Wildman–Crippen LogP) is 5.90. The van der Waals surface area contributed by atoms with Crippen LogP contribution in [0, 0.1) is 13.8 Å². The van der Waals surface area contributed by atoms with Crippen LogP contribution in [0.25, 0.3) is 11.3 Å². The first kappa shape index (κ1) is 21.8. The largest absolute Gasteiger partial charge is 0.433 e. The standard InChI is InChI=1S/C22H20F3N3OS/c1-13-9-10-17(14(2)11-13)26-20(29)15(3)30-21-27-18(16-7-5-4-6-8-16)12-19(28-21)22(23,24)25/h4-12,15H,1-3H3,(H,26,29)/t15-/m1/s1. The van der Waals surface area contributed by atoms with E-state index in [0.29, 0.717) is 11.3 Å². The van der Waals surface area contributed by atoms with Gasteiger partial charge < -0.3 is 5.32 Å². The van der Waals surface area contributed by atoms with Gasteiger partial charge in [-0.2, -0.15) is 13.2 Å². The molecule has 30 heavy (non-hydrogen) atoms. The Bertz CT molecular complexity index is 1060. The number of thioether (sulfide) groups is 1. The van der Waals surface area contributed by atoms with Gasteiger partial charge in [0.2, 0.25) is 5.91 Å². The highest BCUT2D eigenvalue weighted by molar-refractivity contribution is 8.00. The van der Waals surface area contributed by atoms with E-state index in [-0.39, 0.29) is 16.8 Å². The normalized spacial score (nSPS) is 12.5. The molecule has 0 bridgehead atoms. The van der Waals surface area contributed by atoms with Crippen LogP contribution in [0.4, 0.5) is 18.9 Å². The van der Waals surface area contributed by atoms with Gasteiger partial charge in [0, 0.05) is 11.3 Å². The lowest BCUT2D eigenvalue weighted by Gasteiger charge is -2.15. The van der Waals surface area contributed by atoms with Crippen LogP contribution in [0.15, 0.2) is 59.8 Å². The smallest absolute Gasteiger partial charge is 0.325 e. The van der Waals surface area contributed by atoms with Gasteiger partial charge in [0.1, 0.15) is 5.69 Å². The van der Waals surface area contributed by atoms with Crippen LogP contribution >= 0.6 is 11.8 Å². The van der Waals surface area contributed by atoms with E-state index in [1.807, 2.05) is 26.0 Å². The molecule has 3 aromatic rings. The molecule has 0 saturated carbocycles. The number of aromatic nitrogens is 2. The van der Waals surface area contributed by atoms with Crippen LogP contribution in [-0.4, -0.2) is 21.1 Å². The number of alkyl halides is 3. The number of anilines is 1. The fourth-order valence-electron chi connectivity index (χ4n) is 2.78. The van der Waals surface area contributed by atoms with Crippen LogP contribution in [0.5, 0.6) is 0 Å². The van der Waals surface area contributed by atoms with E-state index in [1.54, 1.807) is 43.3 Å². The van der Waals surface area contributed by atoms with Crippen molar-refractivity contribution in [2.24, 2.45) is 0 Å². The van der Waals surface area contributed by atoms with Gasteiger partial charge in [-0.25, -0.2) is 9.97 Å². The fourth-order valence-corrected chi connectivity index (χ4v) is 3.56. The molecule has 0 spiro atoms. The summed E-state index contributed by atoms with van der Waals surface area (Å²) in [4.78, 5) is 20.5. The van der Waals surface area contributed by atoms with Crippen molar-refractivity contribution in [1.82, 2.24) is 9.97 Å². The molecule has 3 rings (SSSR count). The second-order valence-corrected chi connectivity index (χ2v) is 8.16. The Balaban J connectivity index is 1.84. The Kier molecular flexibility index (Phi) is 6.45. The molecule has 0 aliphatic carbocycles. The number of benzene rings is 2. The highest BCUT2D eigenvalue weighted by atomic mass is 32.2. The van der Waals surface area contributed by atoms with Crippen molar-refractivity contribution in [3.8, 4) is 11.3 Å². The maximum Gasteiger partial charge on any atom is 0.433 e. The molecule has 156 valence electrons. The minimum atomic E-state index is -4.62. The molecule has 0 fully saturated rings. The van der Waals surface area contributed by atoms with Crippen molar-refractivity contribution in [3.63, 3.8) is 0 Å². The third-order valence-corrected chi connectivity index (χ3v) is 5.32. The van der Waals surface area contributed by atoms with Gasteiger partial charge in [0.05, 0.1) is 10.9 Å². The first-order chi connectivity index (χ1) is 14.1. The van der Waals surface area contributed by atoms with E-state index < -0.39 is 17.1 Å². The Morgan fingerprint density at radius 2 is 1.73 bits per heavy atom. The Morgan fingerprint density at radius 1 is 1.03 bits per heavy atom. The zero-order chi connectivity index (χ0) is 21.9. The Morgan fingerprint density at radius 3 is 2.37 bits per heavy atom. The van der Waals surface area contributed by atoms with E-state index >= 15 is 0 Å². The zero-order valence-corrected chi connectivity index (χ0v) is 17.4. The zero-order valence-electron chi connectivity index (χ0n) is 16.6. The summed E-state index contributed by atoms with van der Waals surface area (Å²) >= 11 is 0.885. The third-order valence-electron chi connectivity index (χ3n) is 4.36. The van der Waals surface area contributed by atoms with Gasteiger partial charge in [0.15, 0.2) is 5.16 Å². The lowest BCUT2D eigenvalue weighted by Crippen LogP contribution is -2.23. The molecular weight excluding hydrogens is 411 g/mol. The molecule has 1 atom stereocenters. The summed E-state index contributed by atoms with van der Waals surface area (Å²) in [6.07, 6.45) is -4.62. The van der Waals surface area contributed by atoms with Crippen molar-refractivity contribution in [1.29, 1.82) is 0 Å². The number of carbonyl (C=O) groups is 1. The van der Waals surface area contributed by atoms with Gasteiger partial charge >= 0.3 is 6.18 Å². The number of amides is 1. The summed E-state index contributed by atoms with van der Waals surface area (Å²) in [5, 5.41) is 2.01. The first-order valence-corrected chi connectivity index (χ1v) is 10.1. The molecule has 0 aliphatic rings. The molecule has 1 heterocycles. The van der Waals surface area contributed by atoms with Crippen molar-refractivity contribution in [2.45, 2.75) is 37.4 Å². The molecule has 4 nitrogen and oxygen atoms in total. The molecule has 1 N–H and O–H groups in total. The Labute approximate surface area is 177 Å². The predicted molar refractivity (Wildman–Crippen MR) is 112 cm³/mol. The average molecular weight is 431 g/mol. The molecule has 8 heteroatoms. The molecule has 0 unspecified atom stereocenters. The summed E-state index contributed by atoms with van der Waals surface area (Å²) in [6.45, 7) is 5.43. The van der Waals surface area contributed by atoms with Gasteiger partial charge in [-0.3, -0.25) is 4.79 Å². The highest BCUT2D eigenvalue weighted by Gasteiger charge is 2.34. The monoisotopic (exact) mass is 431 g/mol.